The molecule has 0 saturated heterocycles. The molecule has 0 bridgehead atoms. The van der Waals surface area contributed by atoms with Crippen molar-refractivity contribution in [2.75, 3.05) is 27.2 Å². The lowest BCUT2D eigenvalue weighted by molar-refractivity contribution is 0.377. The van der Waals surface area contributed by atoms with Crippen molar-refractivity contribution in [2.45, 2.75) is 26.4 Å². The average molecular weight is 209 g/mol. The van der Waals surface area contributed by atoms with Crippen LogP contribution in [0.5, 0.6) is 0 Å². The fraction of sp³-hybridized carbons (Fsp3) is 0.667. The van der Waals surface area contributed by atoms with E-state index in [1.54, 1.807) is 0 Å². The monoisotopic (exact) mass is 209 g/mol. The van der Waals surface area contributed by atoms with Gasteiger partial charge in [-0.15, -0.1) is 0 Å². The summed E-state index contributed by atoms with van der Waals surface area (Å²) in [4.78, 5) is 2.21. The van der Waals surface area contributed by atoms with E-state index in [0.717, 1.165) is 19.6 Å². The van der Waals surface area contributed by atoms with Crippen LogP contribution >= 0.6 is 0 Å². The molecule has 0 aliphatic carbocycles. The molecule has 0 radical (unpaired) electrons. The van der Waals surface area contributed by atoms with E-state index in [2.05, 4.69) is 61.1 Å². The van der Waals surface area contributed by atoms with Crippen LogP contribution in [0.1, 0.15) is 25.6 Å². The summed E-state index contributed by atoms with van der Waals surface area (Å²) in [5.74, 6) is 0. The summed E-state index contributed by atoms with van der Waals surface area (Å²) in [6.45, 7) is 7.51. The van der Waals surface area contributed by atoms with Crippen LogP contribution in [-0.4, -0.2) is 36.7 Å². The molecular formula is C12H23N3. The molecule has 0 aliphatic heterocycles. The van der Waals surface area contributed by atoms with Gasteiger partial charge in [0.15, 0.2) is 0 Å². The molecule has 0 aliphatic rings. The molecule has 0 fully saturated rings. The van der Waals surface area contributed by atoms with E-state index in [9.17, 15) is 0 Å². The number of rotatable bonds is 6. The Morgan fingerprint density at radius 2 is 2.20 bits per heavy atom. The maximum atomic E-state index is 3.44. The molecule has 1 unspecified atom stereocenters. The Bertz CT molecular complexity index is 278. The van der Waals surface area contributed by atoms with Crippen LogP contribution in [0.15, 0.2) is 18.3 Å². The molecule has 1 aromatic rings. The molecule has 1 aromatic heterocycles. The lowest BCUT2D eigenvalue weighted by Crippen LogP contribution is -2.23. The van der Waals surface area contributed by atoms with E-state index in [0.29, 0.717) is 6.04 Å². The van der Waals surface area contributed by atoms with E-state index in [1.807, 2.05) is 0 Å². The van der Waals surface area contributed by atoms with Gasteiger partial charge in [-0.2, -0.15) is 0 Å². The molecule has 0 saturated carbocycles. The van der Waals surface area contributed by atoms with Crippen LogP contribution in [0.2, 0.25) is 0 Å². The minimum Gasteiger partial charge on any atom is -0.349 e. The van der Waals surface area contributed by atoms with Gasteiger partial charge in [-0.3, -0.25) is 0 Å². The van der Waals surface area contributed by atoms with Gasteiger partial charge in [0.1, 0.15) is 0 Å². The van der Waals surface area contributed by atoms with Crippen molar-refractivity contribution in [2.24, 2.45) is 0 Å². The van der Waals surface area contributed by atoms with Gasteiger partial charge in [0.05, 0.1) is 0 Å². The van der Waals surface area contributed by atoms with Crippen molar-refractivity contribution in [1.82, 2.24) is 14.8 Å². The number of likely N-dealkylation sites (N-methyl/N-ethyl adjacent to an activating group) is 1. The van der Waals surface area contributed by atoms with Crippen LogP contribution < -0.4 is 5.32 Å². The van der Waals surface area contributed by atoms with Crippen LogP contribution in [-0.2, 0) is 6.54 Å². The van der Waals surface area contributed by atoms with Crippen LogP contribution in [0.25, 0.3) is 0 Å². The Balaban J connectivity index is 2.60. The third-order valence-corrected chi connectivity index (χ3v) is 2.61. The Hall–Kier alpha value is -0.800. The van der Waals surface area contributed by atoms with Gasteiger partial charge in [-0.05, 0) is 39.7 Å². The Morgan fingerprint density at radius 1 is 1.47 bits per heavy atom. The number of nitrogens with zero attached hydrogens (tertiary/aromatic N) is 2. The summed E-state index contributed by atoms with van der Waals surface area (Å²) >= 11 is 0. The smallest absolute Gasteiger partial charge is 0.0446 e. The number of hydrogen-bond donors (Lipinski definition) is 1. The normalized spacial score (nSPS) is 13.4. The third-order valence-electron chi connectivity index (χ3n) is 2.61. The predicted octanol–water partition coefficient (Wildman–Crippen LogP) is 1.72. The molecule has 86 valence electrons. The molecule has 0 spiro atoms. The Labute approximate surface area is 93.1 Å². The molecule has 0 amide bonds. The van der Waals surface area contributed by atoms with Crippen molar-refractivity contribution in [3.05, 3.63) is 24.0 Å². The van der Waals surface area contributed by atoms with Crippen LogP contribution in [0, 0.1) is 0 Å². The largest absolute Gasteiger partial charge is 0.349 e. The van der Waals surface area contributed by atoms with E-state index < -0.39 is 0 Å². The quantitative estimate of drug-likeness (QED) is 0.770. The highest BCUT2D eigenvalue weighted by Gasteiger charge is 2.08. The van der Waals surface area contributed by atoms with Gasteiger partial charge >= 0.3 is 0 Å². The molecule has 1 rings (SSSR count). The third kappa shape index (κ3) is 3.68. The topological polar surface area (TPSA) is 20.2 Å². The maximum Gasteiger partial charge on any atom is 0.0446 e. The van der Waals surface area contributed by atoms with Gasteiger partial charge in [0, 0.05) is 31.0 Å². The number of nitrogens with one attached hydrogen (secondary N) is 1. The number of hydrogen-bond acceptors (Lipinski definition) is 2. The highest BCUT2D eigenvalue weighted by molar-refractivity contribution is 5.11. The summed E-state index contributed by atoms with van der Waals surface area (Å²) in [6.07, 6.45) is 2.16. The molecular weight excluding hydrogens is 186 g/mol. The van der Waals surface area contributed by atoms with Crippen molar-refractivity contribution in [3.8, 4) is 0 Å². The standard InChI is InChI=1S/C12H23N3/c1-5-13-11(2)12-7-6-8-15(12)10-9-14(3)4/h6-8,11,13H,5,9-10H2,1-4H3. The summed E-state index contributed by atoms with van der Waals surface area (Å²) in [7, 11) is 4.22. The van der Waals surface area contributed by atoms with Crippen molar-refractivity contribution in [3.63, 3.8) is 0 Å². The van der Waals surface area contributed by atoms with E-state index >= 15 is 0 Å². The highest BCUT2D eigenvalue weighted by atomic mass is 15.1. The van der Waals surface area contributed by atoms with Gasteiger partial charge in [0.2, 0.25) is 0 Å². The van der Waals surface area contributed by atoms with Crippen molar-refractivity contribution >= 4 is 0 Å². The average Bonchev–Trinajstić information content (AvgIpc) is 2.62. The predicted molar refractivity (Wildman–Crippen MR) is 65.1 cm³/mol. The molecule has 1 heterocycles. The minimum absolute atomic E-state index is 0.437. The minimum atomic E-state index is 0.437. The second-order valence-electron chi connectivity index (χ2n) is 4.21. The zero-order chi connectivity index (χ0) is 11.3. The second-order valence-corrected chi connectivity index (χ2v) is 4.21. The molecule has 0 aromatic carbocycles. The van der Waals surface area contributed by atoms with Gasteiger partial charge < -0.3 is 14.8 Å². The summed E-state index contributed by atoms with van der Waals surface area (Å²) < 4.78 is 2.33. The lowest BCUT2D eigenvalue weighted by Gasteiger charge is -2.18. The maximum absolute atomic E-state index is 3.44. The summed E-state index contributed by atoms with van der Waals surface area (Å²) in [6, 6.07) is 4.76. The molecule has 15 heavy (non-hydrogen) atoms. The Morgan fingerprint density at radius 3 is 2.80 bits per heavy atom. The molecule has 3 nitrogen and oxygen atoms in total. The first kappa shape index (κ1) is 12.3. The highest BCUT2D eigenvalue weighted by Crippen LogP contribution is 2.12. The second kappa shape index (κ2) is 5.93. The zero-order valence-corrected chi connectivity index (χ0v) is 10.3. The van der Waals surface area contributed by atoms with E-state index in [4.69, 9.17) is 0 Å². The number of aromatic nitrogens is 1. The first-order valence-electron chi connectivity index (χ1n) is 5.68. The molecule has 3 heteroatoms. The van der Waals surface area contributed by atoms with Crippen molar-refractivity contribution in [1.29, 1.82) is 0 Å². The van der Waals surface area contributed by atoms with Crippen molar-refractivity contribution < 1.29 is 0 Å². The van der Waals surface area contributed by atoms with Crippen LogP contribution in [0.4, 0.5) is 0 Å². The SMILES string of the molecule is CCNC(C)c1cccn1CCN(C)C. The zero-order valence-electron chi connectivity index (χ0n) is 10.3. The van der Waals surface area contributed by atoms with E-state index in [-0.39, 0.29) is 0 Å². The van der Waals surface area contributed by atoms with E-state index in [1.165, 1.54) is 5.69 Å². The first-order chi connectivity index (χ1) is 7.15. The first-order valence-corrected chi connectivity index (χ1v) is 5.68. The van der Waals surface area contributed by atoms with Gasteiger partial charge in [0.25, 0.3) is 0 Å². The van der Waals surface area contributed by atoms with Gasteiger partial charge in [-0.25, -0.2) is 0 Å². The fourth-order valence-corrected chi connectivity index (χ4v) is 1.74. The fourth-order valence-electron chi connectivity index (χ4n) is 1.74. The van der Waals surface area contributed by atoms with Crippen LogP contribution in [0.3, 0.4) is 0 Å². The Kier molecular flexibility index (Phi) is 4.85. The van der Waals surface area contributed by atoms with Gasteiger partial charge in [-0.1, -0.05) is 6.92 Å². The summed E-state index contributed by atoms with van der Waals surface area (Å²) in [5, 5.41) is 3.44. The molecule has 1 N–H and O–H groups in total. The summed E-state index contributed by atoms with van der Waals surface area (Å²) in [5.41, 5.74) is 1.37. The molecule has 1 atom stereocenters. The lowest BCUT2D eigenvalue weighted by atomic mass is 10.2.